The molecule has 0 saturated carbocycles. The Bertz CT molecular complexity index is 802. The highest BCUT2D eigenvalue weighted by Crippen LogP contribution is 2.23. The van der Waals surface area contributed by atoms with Crippen molar-refractivity contribution in [2.24, 2.45) is 0 Å². The minimum absolute atomic E-state index is 0.0245. The van der Waals surface area contributed by atoms with Gasteiger partial charge in [0.25, 0.3) is 11.6 Å². The fraction of sp³-hybridized carbons (Fsp3) is 0.294. The molecule has 1 aromatic carbocycles. The molecule has 0 unspecified atom stereocenters. The van der Waals surface area contributed by atoms with Crippen LogP contribution >= 0.6 is 15.9 Å². The van der Waals surface area contributed by atoms with Crippen LogP contribution in [0.4, 0.5) is 11.5 Å². The standard InChI is InChI=1S/C17H17BrN4O3/c1-12-14(3-2-4-15(12)22(24)25)17(23)21-9-7-20(8-10-21)16-6-5-13(18)11-19-16/h2-6,11H,7-10H2,1H3. The van der Waals surface area contributed by atoms with E-state index in [0.29, 0.717) is 37.3 Å². The number of benzene rings is 1. The molecule has 0 atom stereocenters. The molecule has 25 heavy (non-hydrogen) atoms. The van der Waals surface area contributed by atoms with Crippen LogP contribution in [0.15, 0.2) is 41.0 Å². The van der Waals surface area contributed by atoms with E-state index in [1.54, 1.807) is 30.2 Å². The Kier molecular flexibility index (Phi) is 4.98. The van der Waals surface area contributed by atoms with Crippen LogP contribution in [0.5, 0.6) is 0 Å². The Morgan fingerprint density at radius 3 is 2.52 bits per heavy atom. The summed E-state index contributed by atoms with van der Waals surface area (Å²) in [6, 6.07) is 8.50. The predicted octanol–water partition coefficient (Wildman–Crippen LogP) is 3.02. The Hall–Kier alpha value is -2.48. The normalized spacial score (nSPS) is 14.5. The maximum absolute atomic E-state index is 12.7. The molecule has 8 heteroatoms. The number of carbonyl (C=O) groups is 1. The number of halogens is 1. The van der Waals surface area contributed by atoms with E-state index >= 15 is 0 Å². The van der Waals surface area contributed by atoms with Crippen molar-refractivity contribution in [3.8, 4) is 0 Å². The average molecular weight is 405 g/mol. The highest BCUT2D eigenvalue weighted by molar-refractivity contribution is 9.10. The van der Waals surface area contributed by atoms with Gasteiger partial charge in [0.1, 0.15) is 5.82 Å². The number of pyridine rings is 1. The van der Waals surface area contributed by atoms with Crippen LogP contribution in [-0.2, 0) is 0 Å². The van der Waals surface area contributed by atoms with Crippen LogP contribution in [-0.4, -0.2) is 46.9 Å². The molecule has 2 heterocycles. The van der Waals surface area contributed by atoms with Gasteiger partial charge in [-0.15, -0.1) is 0 Å². The first kappa shape index (κ1) is 17.3. The van der Waals surface area contributed by atoms with E-state index in [0.717, 1.165) is 10.3 Å². The molecule has 2 aromatic rings. The summed E-state index contributed by atoms with van der Waals surface area (Å²) in [5, 5.41) is 11.1. The number of anilines is 1. The highest BCUT2D eigenvalue weighted by Gasteiger charge is 2.26. The average Bonchev–Trinajstić information content (AvgIpc) is 2.62. The first-order chi connectivity index (χ1) is 12.0. The molecule has 1 fully saturated rings. The lowest BCUT2D eigenvalue weighted by atomic mass is 10.1. The number of rotatable bonds is 3. The molecule has 7 nitrogen and oxygen atoms in total. The van der Waals surface area contributed by atoms with Crippen molar-refractivity contribution in [2.75, 3.05) is 31.1 Å². The summed E-state index contributed by atoms with van der Waals surface area (Å²) in [5.74, 6) is 0.714. The van der Waals surface area contributed by atoms with E-state index in [1.165, 1.54) is 6.07 Å². The quantitative estimate of drug-likeness (QED) is 0.580. The van der Waals surface area contributed by atoms with E-state index in [4.69, 9.17) is 0 Å². The maximum atomic E-state index is 12.7. The third-order valence-electron chi connectivity index (χ3n) is 4.33. The minimum Gasteiger partial charge on any atom is -0.353 e. The molecule has 0 bridgehead atoms. The van der Waals surface area contributed by atoms with E-state index in [9.17, 15) is 14.9 Å². The number of nitro benzene ring substituents is 1. The van der Waals surface area contributed by atoms with Crippen molar-refractivity contribution >= 4 is 33.3 Å². The molecule has 0 spiro atoms. The van der Waals surface area contributed by atoms with Crippen LogP contribution < -0.4 is 4.90 Å². The summed E-state index contributed by atoms with van der Waals surface area (Å²) in [4.78, 5) is 31.6. The smallest absolute Gasteiger partial charge is 0.273 e. The molecule has 1 aromatic heterocycles. The Labute approximate surface area is 153 Å². The van der Waals surface area contributed by atoms with Crippen LogP contribution in [0.1, 0.15) is 15.9 Å². The van der Waals surface area contributed by atoms with Gasteiger partial charge in [0.15, 0.2) is 0 Å². The molecule has 1 aliphatic heterocycles. The zero-order valence-electron chi connectivity index (χ0n) is 13.7. The molecule has 1 amide bonds. The van der Waals surface area contributed by atoms with Gasteiger partial charge in [-0.2, -0.15) is 0 Å². The molecule has 0 N–H and O–H groups in total. The summed E-state index contributed by atoms with van der Waals surface area (Å²) in [6.45, 7) is 4.08. The second kappa shape index (κ2) is 7.18. The van der Waals surface area contributed by atoms with Gasteiger partial charge in [-0.3, -0.25) is 14.9 Å². The van der Waals surface area contributed by atoms with Crippen LogP contribution in [0.2, 0.25) is 0 Å². The summed E-state index contributed by atoms with van der Waals surface area (Å²) >= 11 is 3.36. The Morgan fingerprint density at radius 2 is 1.92 bits per heavy atom. The summed E-state index contributed by atoms with van der Waals surface area (Å²) in [7, 11) is 0. The van der Waals surface area contributed by atoms with Crippen molar-refractivity contribution < 1.29 is 9.72 Å². The van der Waals surface area contributed by atoms with Gasteiger partial charge in [0, 0.05) is 54.0 Å². The molecule has 1 saturated heterocycles. The minimum atomic E-state index is -0.455. The largest absolute Gasteiger partial charge is 0.353 e. The van der Waals surface area contributed by atoms with E-state index in [1.807, 2.05) is 12.1 Å². The van der Waals surface area contributed by atoms with Gasteiger partial charge in [-0.05, 0) is 41.1 Å². The maximum Gasteiger partial charge on any atom is 0.273 e. The van der Waals surface area contributed by atoms with Crippen LogP contribution in [0.25, 0.3) is 0 Å². The third kappa shape index (κ3) is 3.63. The number of aromatic nitrogens is 1. The lowest BCUT2D eigenvalue weighted by molar-refractivity contribution is -0.385. The van der Waals surface area contributed by atoms with Crippen LogP contribution in [0, 0.1) is 17.0 Å². The summed E-state index contributed by atoms with van der Waals surface area (Å²) in [5.41, 5.74) is 0.780. The van der Waals surface area contributed by atoms with Crippen molar-refractivity contribution in [3.63, 3.8) is 0 Å². The number of hydrogen-bond donors (Lipinski definition) is 0. The van der Waals surface area contributed by atoms with Gasteiger partial charge in [0.05, 0.1) is 4.92 Å². The van der Waals surface area contributed by atoms with Crippen molar-refractivity contribution in [1.82, 2.24) is 9.88 Å². The lowest BCUT2D eigenvalue weighted by Crippen LogP contribution is -2.49. The molecular formula is C17H17BrN4O3. The molecule has 1 aliphatic rings. The summed E-state index contributed by atoms with van der Waals surface area (Å²) in [6.07, 6.45) is 1.75. The Balaban J connectivity index is 1.71. The molecule has 3 rings (SSSR count). The van der Waals surface area contributed by atoms with Crippen LogP contribution in [0.3, 0.4) is 0 Å². The SMILES string of the molecule is Cc1c(C(=O)N2CCN(c3ccc(Br)cn3)CC2)cccc1[N+](=O)[O-]. The first-order valence-corrected chi connectivity index (χ1v) is 8.66. The van der Waals surface area contributed by atoms with E-state index in [2.05, 4.69) is 25.8 Å². The number of piperazine rings is 1. The number of nitrogens with zero attached hydrogens (tertiary/aromatic N) is 4. The number of hydrogen-bond acceptors (Lipinski definition) is 5. The third-order valence-corrected chi connectivity index (χ3v) is 4.80. The van der Waals surface area contributed by atoms with Gasteiger partial charge in [0.2, 0.25) is 0 Å². The second-order valence-corrected chi connectivity index (χ2v) is 6.74. The monoisotopic (exact) mass is 404 g/mol. The van der Waals surface area contributed by atoms with Gasteiger partial charge in [-0.25, -0.2) is 4.98 Å². The molecule has 0 aliphatic carbocycles. The van der Waals surface area contributed by atoms with Gasteiger partial charge in [-0.1, -0.05) is 6.07 Å². The van der Waals surface area contributed by atoms with Crippen molar-refractivity contribution in [3.05, 3.63) is 62.2 Å². The first-order valence-electron chi connectivity index (χ1n) is 7.87. The lowest BCUT2D eigenvalue weighted by Gasteiger charge is -2.35. The predicted molar refractivity (Wildman–Crippen MR) is 97.9 cm³/mol. The Morgan fingerprint density at radius 1 is 1.20 bits per heavy atom. The summed E-state index contributed by atoms with van der Waals surface area (Å²) < 4.78 is 0.922. The van der Waals surface area contributed by atoms with E-state index in [-0.39, 0.29) is 11.6 Å². The highest BCUT2D eigenvalue weighted by atomic mass is 79.9. The molecule has 0 radical (unpaired) electrons. The van der Waals surface area contributed by atoms with Gasteiger partial charge >= 0.3 is 0 Å². The van der Waals surface area contributed by atoms with E-state index < -0.39 is 4.92 Å². The van der Waals surface area contributed by atoms with Crippen molar-refractivity contribution in [2.45, 2.75) is 6.92 Å². The number of nitro groups is 1. The molecule has 130 valence electrons. The zero-order chi connectivity index (χ0) is 18.0. The number of amides is 1. The van der Waals surface area contributed by atoms with Crippen molar-refractivity contribution in [1.29, 1.82) is 0 Å². The van der Waals surface area contributed by atoms with Gasteiger partial charge < -0.3 is 9.80 Å². The molecular weight excluding hydrogens is 388 g/mol. The number of carbonyl (C=O) groups excluding carboxylic acids is 1. The topological polar surface area (TPSA) is 79.6 Å². The zero-order valence-corrected chi connectivity index (χ0v) is 15.3. The fourth-order valence-corrected chi connectivity index (χ4v) is 3.15. The fourth-order valence-electron chi connectivity index (χ4n) is 2.92. The second-order valence-electron chi connectivity index (χ2n) is 5.82.